The van der Waals surface area contributed by atoms with Crippen LogP contribution in [0.3, 0.4) is 0 Å². The predicted octanol–water partition coefficient (Wildman–Crippen LogP) is 3.73. The molecular formula is C22H28N2O3S. The lowest BCUT2D eigenvalue weighted by Gasteiger charge is -2.28. The summed E-state index contributed by atoms with van der Waals surface area (Å²) in [5.41, 5.74) is 0.953. The minimum atomic E-state index is -0.544. The first kappa shape index (κ1) is 21.8. The van der Waals surface area contributed by atoms with E-state index in [1.54, 1.807) is 18.9 Å². The average molecular weight is 401 g/mol. The van der Waals surface area contributed by atoms with Crippen LogP contribution in [0.25, 0.3) is 0 Å². The fraction of sp³-hybridized carbons (Fsp3) is 0.364. The van der Waals surface area contributed by atoms with E-state index in [1.165, 1.54) is 11.8 Å². The smallest absolute Gasteiger partial charge is 0.242 e. The molecule has 0 saturated carbocycles. The average Bonchev–Trinajstić information content (AvgIpc) is 2.74. The van der Waals surface area contributed by atoms with Crippen LogP contribution in [-0.2, 0) is 16.1 Å². The van der Waals surface area contributed by atoms with Crippen LogP contribution in [0.15, 0.2) is 59.5 Å². The van der Waals surface area contributed by atoms with Gasteiger partial charge in [-0.15, -0.1) is 11.8 Å². The van der Waals surface area contributed by atoms with Gasteiger partial charge in [0, 0.05) is 18.0 Å². The quantitative estimate of drug-likeness (QED) is 0.618. The number of amides is 2. The number of benzene rings is 2. The summed E-state index contributed by atoms with van der Waals surface area (Å²) in [5.74, 6) is 0.846. The molecule has 0 heterocycles. The van der Waals surface area contributed by atoms with Gasteiger partial charge in [0.25, 0.3) is 0 Å². The number of hydrogen-bond donors (Lipinski definition) is 1. The molecule has 2 aromatic carbocycles. The minimum absolute atomic E-state index is 0.0659. The molecule has 5 nitrogen and oxygen atoms in total. The van der Waals surface area contributed by atoms with E-state index in [1.807, 2.05) is 61.5 Å². The normalized spacial score (nSPS) is 11.5. The number of hydrogen-bond acceptors (Lipinski definition) is 4. The van der Waals surface area contributed by atoms with Crippen LogP contribution in [0.5, 0.6) is 5.75 Å². The first-order chi connectivity index (χ1) is 13.5. The summed E-state index contributed by atoms with van der Waals surface area (Å²) in [6.45, 7) is 4.76. The third-order valence-corrected chi connectivity index (χ3v) is 5.33. The summed E-state index contributed by atoms with van der Waals surface area (Å²) in [6, 6.07) is 16.8. The van der Waals surface area contributed by atoms with E-state index < -0.39 is 6.04 Å². The summed E-state index contributed by atoms with van der Waals surface area (Å²) >= 11 is 1.48. The topological polar surface area (TPSA) is 58.6 Å². The highest BCUT2D eigenvalue weighted by Gasteiger charge is 2.25. The molecule has 1 N–H and O–H groups in total. The van der Waals surface area contributed by atoms with Crippen molar-refractivity contribution in [1.29, 1.82) is 0 Å². The number of nitrogens with one attached hydrogen (secondary N) is 1. The van der Waals surface area contributed by atoms with Crippen LogP contribution >= 0.6 is 11.8 Å². The van der Waals surface area contributed by atoms with E-state index in [2.05, 4.69) is 5.32 Å². The largest absolute Gasteiger partial charge is 0.497 e. The fourth-order valence-corrected chi connectivity index (χ4v) is 3.46. The zero-order chi connectivity index (χ0) is 20.4. The molecule has 150 valence electrons. The molecule has 2 amide bonds. The standard InChI is InChI=1S/C22H28N2O3S/c1-4-14-23-22(26)17(2)24(15-18-10-12-19(27-3)13-11-18)21(25)16-28-20-8-6-5-7-9-20/h5-13,17H,4,14-16H2,1-3H3,(H,23,26). The summed E-state index contributed by atoms with van der Waals surface area (Å²) in [4.78, 5) is 28.1. The Morgan fingerprint density at radius 1 is 1.11 bits per heavy atom. The van der Waals surface area contributed by atoms with Gasteiger partial charge in [-0.2, -0.15) is 0 Å². The van der Waals surface area contributed by atoms with Crippen molar-refractivity contribution in [3.05, 3.63) is 60.2 Å². The van der Waals surface area contributed by atoms with Gasteiger partial charge in [-0.1, -0.05) is 37.3 Å². The lowest BCUT2D eigenvalue weighted by Crippen LogP contribution is -2.48. The minimum Gasteiger partial charge on any atom is -0.497 e. The van der Waals surface area contributed by atoms with Gasteiger partial charge in [-0.3, -0.25) is 9.59 Å². The van der Waals surface area contributed by atoms with Crippen LogP contribution in [0, 0.1) is 0 Å². The van der Waals surface area contributed by atoms with Crippen molar-refractivity contribution >= 4 is 23.6 Å². The molecule has 0 saturated heterocycles. The molecule has 0 aliphatic rings. The number of nitrogens with zero attached hydrogens (tertiary/aromatic N) is 1. The molecule has 0 fully saturated rings. The molecule has 0 aliphatic carbocycles. The molecule has 0 spiro atoms. The maximum Gasteiger partial charge on any atom is 0.242 e. The molecule has 1 unspecified atom stereocenters. The molecule has 2 aromatic rings. The van der Waals surface area contributed by atoms with Crippen molar-refractivity contribution in [1.82, 2.24) is 10.2 Å². The number of thioether (sulfide) groups is 1. The highest BCUT2D eigenvalue weighted by molar-refractivity contribution is 8.00. The molecule has 0 radical (unpaired) electrons. The number of carbonyl (C=O) groups is 2. The number of ether oxygens (including phenoxy) is 1. The van der Waals surface area contributed by atoms with Gasteiger partial charge in [0.05, 0.1) is 12.9 Å². The zero-order valence-corrected chi connectivity index (χ0v) is 17.5. The van der Waals surface area contributed by atoms with Crippen LogP contribution in [0.1, 0.15) is 25.8 Å². The van der Waals surface area contributed by atoms with Gasteiger partial charge >= 0.3 is 0 Å². The first-order valence-corrected chi connectivity index (χ1v) is 10.4. The van der Waals surface area contributed by atoms with Gasteiger partial charge < -0.3 is 15.0 Å². The molecule has 0 bridgehead atoms. The van der Waals surface area contributed by atoms with Crippen LogP contribution in [0.4, 0.5) is 0 Å². The molecule has 0 aromatic heterocycles. The lowest BCUT2D eigenvalue weighted by atomic mass is 10.1. The third kappa shape index (κ3) is 6.60. The summed E-state index contributed by atoms with van der Waals surface area (Å²) in [7, 11) is 1.62. The SMILES string of the molecule is CCCNC(=O)C(C)N(Cc1ccc(OC)cc1)C(=O)CSc1ccccc1. The third-order valence-electron chi connectivity index (χ3n) is 4.33. The van der Waals surface area contributed by atoms with E-state index in [-0.39, 0.29) is 17.6 Å². The van der Waals surface area contributed by atoms with Crippen molar-refractivity contribution < 1.29 is 14.3 Å². The maximum absolute atomic E-state index is 13.0. The molecular weight excluding hydrogens is 372 g/mol. The van der Waals surface area contributed by atoms with Gasteiger partial charge in [-0.05, 0) is 43.2 Å². The first-order valence-electron chi connectivity index (χ1n) is 9.43. The summed E-state index contributed by atoms with van der Waals surface area (Å²) in [5, 5.41) is 2.89. The Bertz CT molecular complexity index is 750. The highest BCUT2D eigenvalue weighted by Crippen LogP contribution is 2.20. The Morgan fingerprint density at radius 2 is 1.79 bits per heavy atom. The zero-order valence-electron chi connectivity index (χ0n) is 16.7. The van der Waals surface area contributed by atoms with Gasteiger partial charge in [-0.25, -0.2) is 0 Å². The Hall–Kier alpha value is -2.47. The second-order valence-corrected chi connectivity index (χ2v) is 7.49. The summed E-state index contributed by atoms with van der Waals surface area (Å²) in [6.07, 6.45) is 0.856. The van der Waals surface area contributed by atoms with Crippen molar-refractivity contribution in [3.8, 4) is 5.75 Å². The Kier molecular flexibility index (Phi) is 8.88. The van der Waals surface area contributed by atoms with Crippen molar-refractivity contribution in [2.45, 2.75) is 37.8 Å². The van der Waals surface area contributed by atoms with Crippen LogP contribution in [0.2, 0.25) is 0 Å². The second kappa shape index (κ2) is 11.4. The van der Waals surface area contributed by atoms with Gasteiger partial charge in [0.2, 0.25) is 11.8 Å². The fourth-order valence-electron chi connectivity index (χ4n) is 2.65. The molecule has 1 atom stereocenters. The van der Waals surface area contributed by atoms with Crippen molar-refractivity contribution in [3.63, 3.8) is 0 Å². The summed E-state index contributed by atoms with van der Waals surface area (Å²) < 4.78 is 5.19. The molecule has 0 aliphatic heterocycles. The Balaban J connectivity index is 2.11. The number of rotatable bonds is 10. The Labute approximate surface area is 171 Å². The Morgan fingerprint density at radius 3 is 2.39 bits per heavy atom. The monoisotopic (exact) mass is 400 g/mol. The van der Waals surface area contributed by atoms with Crippen molar-refractivity contribution in [2.24, 2.45) is 0 Å². The maximum atomic E-state index is 13.0. The van der Waals surface area contributed by atoms with E-state index in [0.717, 1.165) is 22.6 Å². The molecule has 6 heteroatoms. The van der Waals surface area contributed by atoms with E-state index in [0.29, 0.717) is 13.1 Å². The molecule has 2 rings (SSSR count). The molecule has 28 heavy (non-hydrogen) atoms. The highest BCUT2D eigenvalue weighted by atomic mass is 32.2. The van der Waals surface area contributed by atoms with Gasteiger partial charge in [0.1, 0.15) is 11.8 Å². The van der Waals surface area contributed by atoms with E-state index in [4.69, 9.17) is 4.74 Å². The predicted molar refractivity (Wildman–Crippen MR) is 113 cm³/mol. The van der Waals surface area contributed by atoms with E-state index >= 15 is 0 Å². The van der Waals surface area contributed by atoms with Gasteiger partial charge in [0.15, 0.2) is 0 Å². The number of methoxy groups -OCH3 is 1. The lowest BCUT2D eigenvalue weighted by molar-refractivity contribution is -0.138. The second-order valence-electron chi connectivity index (χ2n) is 6.44. The van der Waals surface area contributed by atoms with Crippen LogP contribution < -0.4 is 10.1 Å². The number of carbonyl (C=O) groups excluding carboxylic acids is 2. The van der Waals surface area contributed by atoms with Crippen molar-refractivity contribution in [2.75, 3.05) is 19.4 Å². The van der Waals surface area contributed by atoms with E-state index in [9.17, 15) is 9.59 Å². The van der Waals surface area contributed by atoms with Crippen LogP contribution in [-0.4, -0.2) is 42.2 Å².